The molecular formula is C14H14N2O3. The predicted octanol–water partition coefficient (Wildman–Crippen LogP) is 2.57. The van der Waals surface area contributed by atoms with Gasteiger partial charge in [-0.2, -0.15) is 0 Å². The number of benzene rings is 1. The minimum atomic E-state index is -0.712. The Labute approximate surface area is 110 Å². The number of hydrogen-bond donors (Lipinski definition) is 1. The number of nitrogens with zero attached hydrogens (tertiary/aromatic N) is 2. The van der Waals surface area contributed by atoms with E-state index in [-0.39, 0.29) is 12.1 Å². The van der Waals surface area contributed by atoms with Gasteiger partial charge in [-0.05, 0) is 12.5 Å². The van der Waals surface area contributed by atoms with Crippen molar-refractivity contribution in [3.63, 3.8) is 0 Å². The van der Waals surface area contributed by atoms with E-state index in [1.165, 1.54) is 12.3 Å². The summed E-state index contributed by atoms with van der Waals surface area (Å²) < 4.78 is 0. The highest BCUT2D eigenvalue weighted by Crippen LogP contribution is 2.21. The standard InChI is InChI=1S/C14H14N2O3/c1-10-9-15-12(7-13(10)16(18)19)8-14(17)11-5-3-2-4-6-11/h2-7,9,14,17H,8H2,1H3. The minimum absolute atomic E-state index is 0.0326. The first-order valence-corrected chi connectivity index (χ1v) is 5.91. The van der Waals surface area contributed by atoms with Crippen molar-refractivity contribution < 1.29 is 10.0 Å². The summed E-state index contributed by atoms with van der Waals surface area (Å²) in [5, 5.41) is 20.9. The fraction of sp³-hybridized carbons (Fsp3) is 0.214. The summed E-state index contributed by atoms with van der Waals surface area (Å²) in [4.78, 5) is 14.5. The zero-order valence-corrected chi connectivity index (χ0v) is 10.5. The van der Waals surface area contributed by atoms with Crippen LogP contribution in [0.25, 0.3) is 0 Å². The highest BCUT2D eigenvalue weighted by Gasteiger charge is 2.15. The van der Waals surface area contributed by atoms with Gasteiger partial charge in [-0.1, -0.05) is 30.3 Å². The maximum Gasteiger partial charge on any atom is 0.275 e. The molecule has 1 N–H and O–H groups in total. The summed E-state index contributed by atoms with van der Waals surface area (Å²) in [6.07, 6.45) is 1.01. The lowest BCUT2D eigenvalue weighted by Crippen LogP contribution is -2.04. The Morgan fingerprint density at radius 3 is 2.68 bits per heavy atom. The second kappa shape index (κ2) is 5.58. The van der Waals surface area contributed by atoms with Crippen molar-refractivity contribution in [1.82, 2.24) is 4.98 Å². The molecule has 0 aliphatic carbocycles. The normalized spacial score (nSPS) is 12.1. The van der Waals surface area contributed by atoms with E-state index >= 15 is 0 Å². The van der Waals surface area contributed by atoms with Crippen molar-refractivity contribution in [2.24, 2.45) is 0 Å². The molecule has 98 valence electrons. The molecule has 1 atom stereocenters. The van der Waals surface area contributed by atoms with Crippen LogP contribution >= 0.6 is 0 Å². The SMILES string of the molecule is Cc1cnc(CC(O)c2ccccc2)cc1[N+](=O)[O-]. The van der Waals surface area contributed by atoms with Gasteiger partial charge in [0.1, 0.15) is 0 Å². The van der Waals surface area contributed by atoms with Crippen molar-refractivity contribution in [2.75, 3.05) is 0 Å². The van der Waals surface area contributed by atoms with Crippen LogP contribution in [0.15, 0.2) is 42.6 Å². The molecule has 1 heterocycles. The van der Waals surface area contributed by atoms with Crippen molar-refractivity contribution in [2.45, 2.75) is 19.4 Å². The number of aliphatic hydroxyl groups is 1. The molecule has 0 radical (unpaired) electrons. The smallest absolute Gasteiger partial charge is 0.275 e. The quantitative estimate of drug-likeness (QED) is 0.675. The van der Waals surface area contributed by atoms with Gasteiger partial charge in [0, 0.05) is 24.2 Å². The Morgan fingerprint density at radius 1 is 1.37 bits per heavy atom. The summed E-state index contributed by atoms with van der Waals surface area (Å²) in [5.41, 5.74) is 1.83. The molecule has 5 heteroatoms. The molecule has 2 aromatic rings. The first kappa shape index (κ1) is 13.2. The van der Waals surface area contributed by atoms with Gasteiger partial charge in [-0.15, -0.1) is 0 Å². The predicted molar refractivity (Wildman–Crippen MR) is 70.7 cm³/mol. The Morgan fingerprint density at radius 2 is 2.05 bits per heavy atom. The number of aryl methyl sites for hydroxylation is 1. The van der Waals surface area contributed by atoms with Gasteiger partial charge < -0.3 is 5.11 Å². The fourth-order valence-corrected chi connectivity index (χ4v) is 1.85. The topological polar surface area (TPSA) is 76.3 Å². The number of rotatable bonds is 4. The number of hydrogen-bond acceptors (Lipinski definition) is 4. The first-order valence-electron chi connectivity index (χ1n) is 5.91. The number of pyridine rings is 1. The third-order valence-corrected chi connectivity index (χ3v) is 2.91. The summed E-state index contributed by atoms with van der Waals surface area (Å²) >= 11 is 0. The Kier molecular flexibility index (Phi) is 3.87. The Hall–Kier alpha value is -2.27. The van der Waals surface area contributed by atoms with Crippen LogP contribution in [-0.2, 0) is 6.42 Å². The van der Waals surface area contributed by atoms with E-state index in [1.54, 1.807) is 6.92 Å². The number of aromatic nitrogens is 1. The molecule has 0 spiro atoms. The molecule has 5 nitrogen and oxygen atoms in total. The average molecular weight is 258 g/mol. The van der Waals surface area contributed by atoms with Gasteiger partial charge in [0.15, 0.2) is 0 Å². The van der Waals surface area contributed by atoms with E-state index in [2.05, 4.69) is 4.98 Å². The molecule has 0 saturated heterocycles. The molecule has 19 heavy (non-hydrogen) atoms. The zero-order valence-electron chi connectivity index (χ0n) is 10.5. The van der Waals surface area contributed by atoms with Crippen LogP contribution in [0.4, 0.5) is 5.69 Å². The third kappa shape index (κ3) is 3.14. The van der Waals surface area contributed by atoms with E-state index in [1.807, 2.05) is 30.3 Å². The van der Waals surface area contributed by atoms with Crippen LogP contribution < -0.4 is 0 Å². The largest absolute Gasteiger partial charge is 0.388 e. The molecule has 0 bridgehead atoms. The van der Waals surface area contributed by atoms with Crippen molar-refractivity contribution in [1.29, 1.82) is 0 Å². The van der Waals surface area contributed by atoms with Crippen LogP contribution in [0.3, 0.4) is 0 Å². The van der Waals surface area contributed by atoms with Gasteiger partial charge in [0.05, 0.1) is 16.7 Å². The first-order chi connectivity index (χ1) is 9.08. The average Bonchev–Trinajstić information content (AvgIpc) is 2.41. The third-order valence-electron chi connectivity index (χ3n) is 2.91. The molecule has 0 fully saturated rings. The second-order valence-corrected chi connectivity index (χ2v) is 4.35. The van der Waals surface area contributed by atoms with Gasteiger partial charge >= 0.3 is 0 Å². The Bertz CT molecular complexity index is 584. The molecule has 1 unspecified atom stereocenters. The maximum absolute atomic E-state index is 10.8. The number of aliphatic hydroxyl groups excluding tert-OH is 1. The van der Waals surface area contributed by atoms with Crippen molar-refractivity contribution >= 4 is 5.69 Å². The lowest BCUT2D eigenvalue weighted by atomic mass is 10.0. The van der Waals surface area contributed by atoms with E-state index in [0.717, 1.165) is 5.56 Å². The maximum atomic E-state index is 10.8. The number of nitro groups is 1. The van der Waals surface area contributed by atoms with Gasteiger partial charge in [0.2, 0.25) is 0 Å². The molecular weight excluding hydrogens is 244 g/mol. The highest BCUT2D eigenvalue weighted by molar-refractivity contribution is 5.39. The van der Waals surface area contributed by atoms with Crippen molar-refractivity contribution in [3.8, 4) is 0 Å². The lowest BCUT2D eigenvalue weighted by molar-refractivity contribution is -0.385. The van der Waals surface area contributed by atoms with Gasteiger partial charge in [0.25, 0.3) is 5.69 Å². The van der Waals surface area contributed by atoms with Crippen LogP contribution in [0, 0.1) is 17.0 Å². The minimum Gasteiger partial charge on any atom is -0.388 e. The fourth-order valence-electron chi connectivity index (χ4n) is 1.85. The lowest BCUT2D eigenvalue weighted by Gasteiger charge is -2.10. The van der Waals surface area contributed by atoms with Crippen LogP contribution in [0.1, 0.15) is 22.9 Å². The molecule has 2 rings (SSSR count). The van der Waals surface area contributed by atoms with Gasteiger partial charge in [-0.25, -0.2) is 0 Å². The zero-order chi connectivity index (χ0) is 13.8. The molecule has 1 aromatic carbocycles. The summed E-state index contributed by atoms with van der Waals surface area (Å²) in [6.45, 7) is 1.64. The molecule has 0 amide bonds. The van der Waals surface area contributed by atoms with Crippen LogP contribution in [-0.4, -0.2) is 15.0 Å². The van der Waals surface area contributed by atoms with Gasteiger partial charge in [-0.3, -0.25) is 15.1 Å². The van der Waals surface area contributed by atoms with E-state index in [4.69, 9.17) is 0 Å². The Balaban J connectivity index is 2.20. The highest BCUT2D eigenvalue weighted by atomic mass is 16.6. The monoisotopic (exact) mass is 258 g/mol. The van der Waals surface area contributed by atoms with E-state index in [9.17, 15) is 15.2 Å². The second-order valence-electron chi connectivity index (χ2n) is 4.35. The molecule has 0 aliphatic rings. The molecule has 1 aromatic heterocycles. The molecule has 0 aliphatic heterocycles. The summed E-state index contributed by atoms with van der Waals surface area (Å²) in [6, 6.07) is 10.6. The van der Waals surface area contributed by atoms with Crippen LogP contribution in [0.2, 0.25) is 0 Å². The molecule has 0 saturated carbocycles. The summed E-state index contributed by atoms with van der Waals surface area (Å²) in [7, 11) is 0. The van der Waals surface area contributed by atoms with Crippen molar-refractivity contribution in [3.05, 3.63) is 69.5 Å². The summed E-state index contributed by atoms with van der Waals surface area (Å²) in [5.74, 6) is 0. The van der Waals surface area contributed by atoms with E-state index < -0.39 is 11.0 Å². The van der Waals surface area contributed by atoms with Crippen LogP contribution in [0.5, 0.6) is 0 Å². The van der Waals surface area contributed by atoms with E-state index in [0.29, 0.717) is 11.3 Å².